The summed E-state index contributed by atoms with van der Waals surface area (Å²) in [5.41, 5.74) is 8.26. The lowest BCUT2D eigenvalue weighted by Gasteiger charge is -2.25. The van der Waals surface area contributed by atoms with Crippen LogP contribution in [-0.4, -0.2) is 4.98 Å². The van der Waals surface area contributed by atoms with Crippen LogP contribution in [-0.2, 0) is 0 Å². The molecule has 8 rings (SSSR count). The molecular formula is C40H25N3. The Balaban J connectivity index is 1.20. The number of benzene rings is 7. The maximum atomic E-state index is 9.28. The number of aromatic nitrogens is 1. The minimum atomic E-state index is 0.648. The van der Waals surface area contributed by atoms with E-state index in [1.165, 1.54) is 43.4 Å². The van der Waals surface area contributed by atoms with E-state index in [1.54, 1.807) is 0 Å². The van der Waals surface area contributed by atoms with Crippen LogP contribution in [0.2, 0.25) is 0 Å². The first-order valence-corrected chi connectivity index (χ1v) is 14.3. The molecule has 8 aromatic rings. The molecule has 1 heterocycles. The molecule has 200 valence electrons. The summed E-state index contributed by atoms with van der Waals surface area (Å²) in [5.74, 6) is 0. The van der Waals surface area contributed by atoms with E-state index in [4.69, 9.17) is 0 Å². The SMILES string of the molecule is N#Cc1ccc(N(c2ccccc2)c2ccc(-c3cc4ccc5cc(-c6ccccn6)cc6ccc(c3)c4c56)cc2)cc1. The molecule has 0 bridgehead atoms. The van der Waals surface area contributed by atoms with Gasteiger partial charge < -0.3 is 4.90 Å². The van der Waals surface area contributed by atoms with Gasteiger partial charge in [-0.3, -0.25) is 4.98 Å². The van der Waals surface area contributed by atoms with Crippen LogP contribution < -0.4 is 4.90 Å². The summed E-state index contributed by atoms with van der Waals surface area (Å²) in [4.78, 5) is 6.79. The summed E-state index contributed by atoms with van der Waals surface area (Å²) in [6, 6.07) is 53.1. The van der Waals surface area contributed by atoms with Crippen molar-refractivity contribution in [2.45, 2.75) is 0 Å². The Kier molecular flexibility index (Phi) is 5.84. The number of hydrogen-bond donors (Lipinski definition) is 0. The molecule has 0 unspecified atom stereocenters. The summed E-state index contributed by atoms with van der Waals surface area (Å²) in [5, 5.41) is 16.8. The second-order valence-corrected chi connectivity index (χ2v) is 10.8. The number of nitrogens with zero attached hydrogens (tertiary/aromatic N) is 3. The van der Waals surface area contributed by atoms with E-state index in [0.29, 0.717) is 5.56 Å². The van der Waals surface area contributed by atoms with Gasteiger partial charge in [0.05, 0.1) is 17.3 Å². The van der Waals surface area contributed by atoms with E-state index in [0.717, 1.165) is 28.3 Å². The van der Waals surface area contributed by atoms with Gasteiger partial charge in [-0.2, -0.15) is 5.26 Å². The van der Waals surface area contributed by atoms with Crippen molar-refractivity contribution in [3.63, 3.8) is 0 Å². The molecule has 1 aromatic heterocycles. The summed E-state index contributed by atoms with van der Waals surface area (Å²) in [6.07, 6.45) is 1.85. The van der Waals surface area contributed by atoms with Gasteiger partial charge in [0.25, 0.3) is 0 Å². The lowest BCUT2D eigenvalue weighted by molar-refractivity contribution is 1.28. The quantitative estimate of drug-likeness (QED) is 0.201. The summed E-state index contributed by atoms with van der Waals surface area (Å²) in [7, 11) is 0. The van der Waals surface area contributed by atoms with Crippen molar-refractivity contribution < 1.29 is 0 Å². The van der Waals surface area contributed by atoms with Crippen LogP contribution in [0.4, 0.5) is 17.1 Å². The maximum Gasteiger partial charge on any atom is 0.0991 e. The van der Waals surface area contributed by atoms with Crippen molar-refractivity contribution in [2.75, 3.05) is 4.90 Å². The molecule has 0 saturated heterocycles. The van der Waals surface area contributed by atoms with Crippen LogP contribution in [0.3, 0.4) is 0 Å². The summed E-state index contributed by atoms with van der Waals surface area (Å²) >= 11 is 0. The minimum Gasteiger partial charge on any atom is -0.311 e. The predicted molar refractivity (Wildman–Crippen MR) is 178 cm³/mol. The second kappa shape index (κ2) is 10.1. The summed E-state index contributed by atoms with van der Waals surface area (Å²) in [6.45, 7) is 0. The van der Waals surface area contributed by atoms with E-state index < -0.39 is 0 Å². The smallest absolute Gasteiger partial charge is 0.0991 e. The van der Waals surface area contributed by atoms with Crippen LogP contribution >= 0.6 is 0 Å². The van der Waals surface area contributed by atoms with Gasteiger partial charge in [-0.15, -0.1) is 0 Å². The fourth-order valence-corrected chi connectivity index (χ4v) is 6.20. The molecule has 0 aliphatic heterocycles. The topological polar surface area (TPSA) is 39.9 Å². The Bertz CT molecular complexity index is 2200. The third-order valence-corrected chi connectivity index (χ3v) is 8.22. The lowest BCUT2D eigenvalue weighted by atomic mass is 9.90. The molecule has 0 N–H and O–H groups in total. The van der Waals surface area contributed by atoms with Gasteiger partial charge in [0.2, 0.25) is 0 Å². The van der Waals surface area contributed by atoms with E-state index in [1.807, 2.05) is 60.8 Å². The van der Waals surface area contributed by atoms with Crippen molar-refractivity contribution in [1.82, 2.24) is 4.98 Å². The molecule has 0 amide bonds. The third kappa shape index (κ3) is 4.34. The van der Waals surface area contributed by atoms with Gasteiger partial charge in [0.15, 0.2) is 0 Å². The van der Waals surface area contributed by atoms with Crippen molar-refractivity contribution in [2.24, 2.45) is 0 Å². The molecule has 0 spiro atoms. The number of hydrogen-bond acceptors (Lipinski definition) is 3. The number of rotatable bonds is 5. The first kappa shape index (κ1) is 24.8. The molecule has 0 atom stereocenters. The lowest BCUT2D eigenvalue weighted by Crippen LogP contribution is -2.09. The van der Waals surface area contributed by atoms with Crippen LogP contribution in [0.15, 0.2) is 152 Å². The monoisotopic (exact) mass is 547 g/mol. The van der Waals surface area contributed by atoms with Gasteiger partial charge in [-0.05, 0) is 128 Å². The highest BCUT2D eigenvalue weighted by atomic mass is 15.1. The zero-order chi connectivity index (χ0) is 28.8. The maximum absolute atomic E-state index is 9.28. The van der Waals surface area contributed by atoms with Crippen LogP contribution in [0.1, 0.15) is 5.56 Å². The predicted octanol–water partition coefficient (Wildman–Crippen LogP) is 10.7. The van der Waals surface area contributed by atoms with Crippen molar-refractivity contribution in [3.8, 4) is 28.5 Å². The van der Waals surface area contributed by atoms with Crippen molar-refractivity contribution in [3.05, 3.63) is 157 Å². The molecule has 7 aromatic carbocycles. The van der Waals surface area contributed by atoms with Crippen LogP contribution in [0.5, 0.6) is 0 Å². The Morgan fingerprint density at radius 2 is 0.977 bits per heavy atom. The van der Waals surface area contributed by atoms with Crippen molar-refractivity contribution >= 4 is 49.4 Å². The Labute approximate surface area is 249 Å². The standard InChI is InChI=1S/C40H25N3/c41-26-27-9-17-36(18-10-27)43(35-6-2-1-3-7-35)37-19-15-28(16-20-37)33-22-29-11-13-31-24-34(38-8-4-5-21-42-38)25-32-14-12-30(23-33)39(29)40(31)32/h1-25H. The average molecular weight is 548 g/mol. The molecule has 43 heavy (non-hydrogen) atoms. The molecule has 0 aliphatic carbocycles. The molecule has 3 heteroatoms. The van der Waals surface area contributed by atoms with Gasteiger partial charge in [0.1, 0.15) is 0 Å². The fourth-order valence-electron chi connectivity index (χ4n) is 6.20. The van der Waals surface area contributed by atoms with E-state index in [-0.39, 0.29) is 0 Å². The van der Waals surface area contributed by atoms with Gasteiger partial charge >= 0.3 is 0 Å². The minimum absolute atomic E-state index is 0.648. The van der Waals surface area contributed by atoms with Crippen molar-refractivity contribution in [1.29, 1.82) is 5.26 Å². The highest BCUT2D eigenvalue weighted by Gasteiger charge is 2.15. The van der Waals surface area contributed by atoms with Gasteiger partial charge in [-0.25, -0.2) is 0 Å². The van der Waals surface area contributed by atoms with Gasteiger partial charge in [0, 0.05) is 28.8 Å². The normalized spacial score (nSPS) is 11.2. The first-order chi connectivity index (χ1) is 21.2. The largest absolute Gasteiger partial charge is 0.311 e. The average Bonchev–Trinajstić information content (AvgIpc) is 3.08. The highest BCUT2D eigenvalue weighted by molar-refractivity contribution is 6.24. The first-order valence-electron chi connectivity index (χ1n) is 14.3. The zero-order valence-electron chi connectivity index (χ0n) is 23.3. The molecule has 0 fully saturated rings. The van der Waals surface area contributed by atoms with Crippen LogP contribution in [0, 0.1) is 11.3 Å². The van der Waals surface area contributed by atoms with Gasteiger partial charge in [-0.1, -0.05) is 60.7 Å². The Hall–Kier alpha value is -5.98. The number of pyridine rings is 1. The second-order valence-electron chi connectivity index (χ2n) is 10.8. The number of anilines is 3. The molecule has 0 radical (unpaired) electrons. The van der Waals surface area contributed by atoms with E-state index >= 15 is 0 Å². The summed E-state index contributed by atoms with van der Waals surface area (Å²) < 4.78 is 0. The van der Waals surface area contributed by atoms with E-state index in [2.05, 4.69) is 107 Å². The third-order valence-electron chi connectivity index (χ3n) is 8.22. The molecule has 0 saturated carbocycles. The van der Waals surface area contributed by atoms with Crippen LogP contribution in [0.25, 0.3) is 54.7 Å². The zero-order valence-corrected chi connectivity index (χ0v) is 23.3. The van der Waals surface area contributed by atoms with E-state index in [9.17, 15) is 5.26 Å². The fraction of sp³-hybridized carbons (Fsp3) is 0. The molecule has 0 aliphatic rings. The number of para-hydroxylation sites is 1. The highest BCUT2D eigenvalue weighted by Crippen LogP contribution is 2.40. The molecular weight excluding hydrogens is 522 g/mol. The Morgan fingerprint density at radius 3 is 1.51 bits per heavy atom. The molecule has 3 nitrogen and oxygen atoms in total. The number of nitriles is 1. The Morgan fingerprint density at radius 1 is 0.465 bits per heavy atom.